The molecule has 0 aliphatic heterocycles. The summed E-state index contributed by atoms with van der Waals surface area (Å²) in [7, 11) is 1.58. The molecule has 17 heavy (non-hydrogen) atoms. The van der Waals surface area contributed by atoms with Crippen LogP contribution in [-0.4, -0.2) is 17.9 Å². The number of pyridine rings is 1. The zero-order valence-electron chi connectivity index (χ0n) is 9.27. The SMILES string of the molecule is CNC(=O)c1cc(-c2ccncc2)ccc1Cl. The second-order valence-electron chi connectivity index (χ2n) is 3.51. The first-order valence-corrected chi connectivity index (χ1v) is 5.52. The van der Waals surface area contributed by atoms with Crippen LogP contribution < -0.4 is 5.32 Å². The fourth-order valence-electron chi connectivity index (χ4n) is 1.56. The van der Waals surface area contributed by atoms with E-state index in [1.807, 2.05) is 18.2 Å². The first-order chi connectivity index (χ1) is 8.22. The number of carbonyl (C=O) groups is 1. The molecule has 3 nitrogen and oxygen atoms in total. The highest BCUT2D eigenvalue weighted by Crippen LogP contribution is 2.24. The van der Waals surface area contributed by atoms with Crippen molar-refractivity contribution in [2.45, 2.75) is 0 Å². The van der Waals surface area contributed by atoms with E-state index < -0.39 is 0 Å². The topological polar surface area (TPSA) is 42.0 Å². The van der Waals surface area contributed by atoms with E-state index in [0.717, 1.165) is 11.1 Å². The average Bonchev–Trinajstić information content (AvgIpc) is 2.39. The summed E-state index contributed by atoms with van der Waals surface area (Å²) >= 11 is 5.98. The van der Waals surface area contributed by atoms with Crippen molar-refractivity contribution in [3.05, 3.63) is 53.3 Å². The Labute approximate surface area is 104 Å². The molecule has 0 aliphatic rings. The number of hydrogen-bond donors (Lipinski definition) is 1. The van der Waals surface area contributed by atoms with Gasteiger partial charge in [-0.2, -0.15) is 0 Å². The van der Waals surface area contributed by atoms with Gasteiger partial charge in [0.05, 0.1) is 10.6 Å². The molecule has 0 radical (unpaired) electrons. The molecular formula is C13H11ClN2O. The quantitative estimate of drug-likeness (QED) is 0.885. The maximum absolute atomic E-state index is 11.6. The van der Waals surface area contributed by atoms with Crippen LogP contribution in [0.1, 0.15) is 10.4 Å². The standard InChI is InChI=1S/C13H11ClN2O/c1-15-13(17)11-8-10(2-3-12(11)14)9-4-6-16-7-5-9/h2-8H,1H3,(H,15,17). The highest BCUT2D eigenvalue weighted by Gasteiger charge is 2.09. The molecule has 1 heterocycles. The summed E-state index contributed by atoms with van der Waals surface area (Å²) in [5, 5.41) is 3.01. The number of halogens is 1. The molecule has 1 aromatic carbocycles. The maximum atomic E-state index is 11.6. The van der Waals surface area contributed by atoms with E-state index in [0.29, 0.717) is 10.6 Å². The summed E-state index contributed by atoms with van der Waals surface area (Å²) in [6.07, 6.45) is 3.42. The maximum Gasteiger partial charge on any atom is 0.252 e. The van der Waals surface area contributed by atoms with Crippen molar-refractivity contribution < 1.29 is 4.79 Å². The molecule has 1 N–H and O–H groups in total. The van der Waals surface area contributed by atoms with Crippen LogP contribution >= 0.6 is 11.6 Å². The summed E-state index contributed by atoms with van der Waals surface area (Å²) < 4.78 is 0. The third-order valence-corrected chi connectivity index (χ3v) is 2.78. The monoisotopic (exact) mass is 246 g/mol. The fraction of sp³-hybridized carbons (Fsp3) is 0.0769. The highest BCUT2D eigenvalue weighted by molar-refractivity contribution is 6.34. The van der Waals surface area contributed by atoms with Crippen molar-refractivity contribution >= 4 is 17.5 Å². The lowest BCUT2D eigenvalue weighted by Gasteiger charge is -2.06. The summed E-state index contributed by atoms with van der Waals surface area (Å²) in [6, 6.07) is 9.15. The Kier molecular flexibility index (Phi) is 3.40. The van der Waals surface area contributed by atoms with Gasteiger partial charge in [0.15, 0.2) is 0 Å². The second-order valence-corrected chi connectivity index (χ2v) is 3.92. The third kappa shape index (κ3) is 2.45. The van der Waals surface area contributed by atoms with Gasteiger partial charge in [0.25, 0.3) is 5.91 Å². The van der Waals surface area contributed by atoms with Crippen molar-refractivity contribution in [2.24, 2.45) is 0 Å². The minimum atomic E-state index is -0.189. The molecule has 2 rings (SSSR count). The number of carbonyl (C=O) groups excluding carboxylic acids is 1. The Balaban J connectivity index is 2.48. The molecule has 1 aromatic heterocycles. The van der Waals surface area contributed by atoms with Crippen LogP contribution in [0, 0.1) is 0 Å². The molecule has 0 bridgehead atoms. The molecule has 0 spiro atoms. The highest BCUT2D eigenvalue weighted by atomic mass is 35.5. The van der Waals surface area contributed by atoms with Crippen molar-refractivity contribution in [1.29, 1.82) is 0 Å². The van der Waals surface area contributed by atoms with Gasteiger partial charge in [-0.25, -0.2) is 0 Å². The van der Waals surface area contributed by atoms with Crippen LogP contribution in [-0.2, 0) is 0 Å². The Bertz CT molecular complexity index is 540. The van der Waals surface area contributed by atoms with Crippen molar-refractivity contribution in [3.63, 3.8) is 0 Å². The number of aromatic nitrogens is 1. The van der Waals surface area contributed by atoms with Crippen LogP contribution in [0.4, 0.5) is 0 Å². The number of nitrogens with zero attached hydrogens (tertiary/aromatic N) is 1. The van der Waals surface area contributed by atoms with Crippen molar-refractivity contribution in [1.82, 2.24) is 10.3 Å². The smallest absolute Gasteiger partial charge is 0.252 e. The van der Waals surface area contributed by atoms with Gasteiger partial charge in [-0.3, -0.25) is 9.78 Å². The predicted molar refractivity (Wildman–Crippen MR) is 68.1 cm³/mol. The zero-order valence-corrected chi connectivity index (χ0v) is 10.0. The van der Waals surface area contributed by atoms with Gasteiger partial charge in [0.1, 0.15) is 0 Å². The van der Waals surface area contributed by atoms with Crippen LogP contribution in [0.15, 0.2) is 42.7 Å². The van der Waals surface area contributed by atoms with E-state index in [1.54, 1.807) is 31.6 Å². The van der Waals surface area contributed by atoms with E-state index in [9.17, 15) is 4.79 Å². The number of amides is 1. The van der Waals surface area contributed by atoms with Gasteiger partial charge in [-0.05, 0) is 35.4 Å². The van der Waals surface area contributed by atoms with Gasteiger partial charge in [0, 0.05) is 19.4 Å². The third-order valence-electron chi connectivity index (χ3n) is 2.45. The van der Waals surface area contributed by atoms with Crippen LogP contribution in [0.5, 0.6) is 0 Å². The first kappa shape index (κ1) is 11.6. The van der Waals surface area contributed by atoms with Gasteiger partial charge in [0.2, 0.25) is 0 Å². The minimum Gasteiger partial charge on any atom is -0.355 e. The molecule has 1 amide bonds. The summed E-state index contributed by atoms with van der Waals surface area (Å²) in [6.45, 7) is 0. The summed E-state index contributed by atoms with van der Waals surface area (Å²) in [5.41, 5.74) is 2.42. The zero-order chi connectivity index (χ0) is 12.3. The average molecular weight is 247 g/mol. The second kappa shape index (κ2) is 4.97. The molecule has 2 aromatic rings. The molecule has 0 fully saturated rings. The normalized spacial score (nSPS) is 10.0. The van der Waals surface area contributed by atoms with E-state index in [1.165, 1.54) is 0 Å². The van der Waals surface area contributed by atoms with E-state index in [4.69, 9.17) is 11.6 Å². The predicted octanol–water partition coefficient (Wildman–Crippen LogP) is 2.76. The lowest BCUT2D eigenvalue weighted by atomic mass is 10.0. The van der Waals surface area contributed by atoms with E-state index in [-0.39, 0.29) is 5.91 Å². The first-order valence-electron chi connectivity index (χ1n) is 5.14. The lowest BCUT2D eigenvalue weighted by Crippen LogP contribution is -2.18. The summed E-state index contributed by atoms with van der Waals surface area (Å²) in [4.78, 5) is 15.6. The fourth-order valence-corrected chi connectivity index (χ4v) is 1.76. The number of rotatable bonds is 2. The van der Waals surface area contributed by atoms with Gasteiger partial charge in [-0.1, -0.05) is 17.7 Å². The molecule has 0 saturated carbocycles. The number of hydrogen-bond acceptors (Lipinski definition) is 2. The summed E-state index contributed by atoms with van der Waals surface area (Å²) in [5.74, 6) is -0.189. The largest absolute Gasteiger partial charge is 0.355 e. The van der Waals surface area contributed by atoms with Gasteiger partial charge >= 0.3 is 0 Å². The van der Waals surface area contributed by atoms with Crippen LogP contribution in [0.2, 0.25) is 5.02 Å². The number of nitrogens with one attached hydrogen (secondary N) is 1. The van der Waals surface area contributed by atoms with Gasteiger partial charge < -0.3 is 5.32 Å². The molecular weight excluding hydrogens is 236 g/mol. The Hall–Kier alpha value is -1.87. The Morgan fingerprint density at radius 1 is 1.18 bits per heavy atom. The Morgan fingerprint density at radius 2 is 1.88 bits per heavy atom. The van der Waals surface area contributed by atoms with E-state index >= 15 is 0 Å². The Morgan fingerprint density at radius 3 is 2.53 bits per heavy atom. The molecule has 0 saturated heterocycles. The molecule has 0 unspecified atom stereocenters. The van der Waals surface area contributed by atoms with Crippen LogP contribution in [0.25, 0.3) is 11.1 Å². The number of benzene rings is 1. The molecule has 0 atom stereocenters. The molecule has 4 heteroatoms. The van der Waals surface area contributed by atoms with E-state index in [2.05, 4.69) is 10.3 Å². The minimum absolute atomic E-state index is 0.189. The molecule has 0 aliphatic carbocycles. The van der Waals surface area contributed by atoms with Crippen molar-refractivity contribution in [2.75, 3.05) is 7.05 Å². The van der Waals surface area contributed by atoms with Gasteiger partial charge in [-0.15, -0.1) is 0 Å². The van der Waals surface area contributed by atoms with Crippen molar-refractivity contribution in [3.8, 4) is 11.1 Å². The van der Waals surface area contributed by atoms with Crippen LogP contribution in [0.3, 0.4) is 0 Å². The lowest BCUT2D eigenvalue weighted by molar-refractivity contribution is 0.0963. The molecule has 86 valence electrons.